The Kier molecular flexibility index (Phi) is 3.10. The molecule has 0 aliphatic rings. The van der Waals surface area contributed by atoms with Crippen molar-refractivity contribution in [3.8, 4) is 0 Å². The second-order valence-electron chi connectivity index (χ2n) is 4.39. The molecule has 1 N–H and O–H groups in total. The highest BCUT2D eigenvalue weighted by atomic mass is 127. The number of carbonyl (C=O) groups is 1. The van der Waals surface area contributed by atoms with Gasteiger partial charge in [0.05, 0.1) is 0 Å². The lowest BCUT2D eigenvalue weighted by molar-refractivity contribution is 0.103. The maximum atomic E-state index is 12.6. The fraction of sp³-hybridized carbons (Fsp3) is 0.0667. The molecule has 2 aromatic heterocycles. The number of rotatable bonds is 2. The van der Waals surface area contributed by atoms with Gasteiger partial charge in [0.2, 0.25) is 0 Å². The molecule has 0 spiro atoms. The maximum absolute atomic E-state index is 12.6. The van der Waals surface area contributed by atoms with Crippen LogP contribution in [0, 0.1) is 10.5 Å². The summed E-state index contributed by atoms with van der Waals surface area (Å²) in [5.74, 6) is 0.0346. The molecule has 0 saturated carbocycles. The number of aryl methyl sites for hydroxylation is 1. The first-order valence-electron chi connectivity index (χ1n) is 5.89. The third kappa shape index (κ3) is 2.06. The SMILES string of the molecule is Cc1cccc(C(=O)c2c[nH]c3ccncc23)c1I. The van der Waals surface area contributed by atoms with Crippen LogP contribution in [0.1, 0.15) is 21.5 Å². The molecule has 0 aliphatic heterocycles. The van der Waals surface area contributed by atoms with Crippen molar-refractivity contribution in [3.63, 3.8) is 0 Å². The van der Waals surface area contributed by atoms with E-state index in [2.05, 4.69) is 32.6 Å². The van der Waals surface area contributed by atoms with Gasteiger partial charge in [-0.05, 0) is 47.2 Å². The molecule has 19 heavy (non-hydrogen) atoms. The number of aromatic amines is 1. The van der Waals surface area contributed by atoms with Crippen molar-refractivity contribution in [1.29, 1.82) is 0 Å². The Hall–Kier alpha value is -1.69. The number of pyridine rings is 1. The van der Waals surface area contributed by atoms with E-state index in [1.807, 2.05) is 31.2 Å². The molecule has 0 aliphatic carbocycles. The van der Waals surface area contributed by atoms with Crippen LogP contribution in [-0.4, -0.2) is 15.8 Å². The molecule has 0 atom stereocenters. The van der Waals surface area contributed by atoms with Gasteiger partial charge in [-0.15, -0.1) is 0 Å². The topological polar surface area (TPSA) is 45.8 Å². The predicted octanol–water partition coefficient (Wildman–Crippen LogP) is 3.71. The van der Waals surface area contributed by atoms with Crippen molar-refractivity contribution in [3.05, 3.63) is 63.1 Å². The third-order valence-electron chi connectivity index (χ3n) is 3.16. The van der Waals surface area contributed by atoms with Crippen molar-refractivity contribution in [2.75, 3.05) is 0 Å². The average Bonchev–Trinajstić information content (AvgIpc) is 2.85. The number of hydrogen-bond acceptors (Lipinski definition) is 2. The lowest BCUT2D eigenvalue weighted by Crippen LogP contribution is -2.04. The van der Waals surface area contributed by atoms with Gasteiger partial charge in [-0.3, -0.25) is 9.78 Å². The molecule has 3 rings (SSSR count). The van der Waals surface area contributed by atoms with Crippen molar-refractivity contribution in [2.45, 2.75) is 6.92 Å². The van der Waals surface area contributed by atoms with E-state index in [9.17, 15) is 4.79 Å². The Morgan fingerprint density at radius 1 is 1.26 bits per heavy atom. The summed E-state index contributed by atoms with van der Waals surface area (Å²) in [5, 5.41) is 0.866. The highest BCUT2D eigenvalue weighted by molar-refractivity contribution is 14.1. The lowest BCUT2D eigenvalue weighted by Gasteiger charge is -2.05. The highest BCUT2D eigenvalue weighted by Crippen LogP contribution is 2.24. The summed E-state index contributed by atoms with van der Waals surface area (Å²) in [6, 6.07) is 7.66. The number of halogens is 1. The van der Waals surface area contributed by atoms with Gasteiger partial charge >= 0.3 is 0 Å². The Labute approximate surface area is 124 Å². The summed E-state index contributed by atoms with van der Waals surface area (Å²) < 4.78 is 1.00. The van der Waals surface area contributed by atoms with Crippen LogP contribution in [0.25, 0.3) is 10.9 Å². The first-order chi connectivity index (χ1) is 9.18. The molecular formula is C15H11IN2O. The van der Waals surface area contributed by atoms with Crippen LogP contribution >= 0.6 is 22.6 Å². The van der Waals surface area contributed by atoms with Gasteiger partial charge in [0.25, 0.3) is 0 Å². The van der Waals surface area contributed by atoms with Crippen molar-refractivity contribution in [1.82, 2.24) is 9.97 Å². The van der Waals surface area contributed by atoms with Crippen molar-refractivity contribution >= 4 is 39.3 Å². The van der Waals surface area contributed by atoms with E-state index < -0.39 is 0 Å². The zero-order valence-electron chi connectivity index (χ0n) is 10.3. The number of fused-ring (bicyclic) bond motifs is 1. The summed E-state index contributed by atoms with van der Waals surface area (Å²) in [4.78, 5) is 19.8. The summed E-state index contributed by atoms with van der Waals surface area (Å²) in [5.41, 5.74) is 3.46. The Balaban J connectivity index is 2.17. The Morgan fingerprint density at radius 3 is 2.95 bits per heavy atom. The van der Waals surface area contributed by atoms with Gasteiger partial charge in [-0.1, -0.05) is 12.1 Å². The molecular weight excluding hydrogens is 351 g/mol. The van der Waals surface area contributed by atoms with E-state index in [0.717, 1.165) is 25.6 Å². The van der Waals surface area contributed by atoms with Crippen LogP contribution in [-0.2, 0) is 0 Å². The third-order valence-corrected chi connectivity index (χ3v) is 4.60. The number of aromatic nitrogens is 2. The van der Waals surface area contributed by atoms with E-state index in [0.29, 0.717) is 5.56 Å². The molecule has 0 bridgehead atoms. The van der Waals surface area contributed by atoms with Crippen LogP contribution in [0.3, 0.4) is 0 Å². The number of nitrogens with one attached hydrogen (secondary N) is 1. The van der Waals surface area contributed by atoms with Gasteiger partial charge in [-0.2, -0.15) is 0 Å². The van der Waals surface area contributed by atoms with E-state index in [1.54, 1.807) is 18.6 Å². The minimum Gasteiger partial charge on any atom is -0.360 e. The summed E-state index contributed by atoms with van der Waals surface area (Å²) >= 11 is 2.22. The lowest BCUT2D eigenvalue weighted by atomic mass is 10.0. The maximum Gasteiger partial charge on any atom is 0.196 e. The fourth-order valence-corrected chi connectivity index (χ4v) is 2.72. The van der Waals surface area contributed by atoms with Crippen LogP contribution < -0.4 is 0 Å². The summed E-state index contributed by atoms with van der Waals surface area (Å²) in [6.45, 7) is 2.01. The number of carbonyl (C=O) groups excluding carboxylic acids is 1. The Bertz CT molecular complexity index is 777. The van der Waals surface area contributed by atoms with Crippen molar-refractivity contribution < 1.29 is 4.79 Å². The number of benzene rings is 1. The molecule has 94 valence electrons. The summed E-state index contributed by atoms with van der Waals surface area (Å²) in [7, 11) is 0. The highest BCUT2D eigenvalue weighted by Gasteiger charge is 2.17. The quantitative estimate of drug-likeness (QED) is 0.558. The van der Waals surface area contributed by atoms with Gasteiger partial charge in [0.1, 0.15) is 0 Å². The molecule has 0 saturated heterocycles. The molecule has 0 unspecified atom stereocenters. The number of ketones is 1. The molecule has 0 radical (unpaired) electrons. The standard InChI is InChI=1S/C15H11IN2O/c1-9-3-2-4-10(14(9)16)15(19)12-8-18-13-5-6-17-7-11(12)13/h2-8,18H,1H3. The smallest absolute Gasteiger partial charge is 0.196 e. The average molecular weight is 362 g/mol. The second-order valence-corrected chi connectivity index (χ2v) is 5.47. The first kappa shape index (κ1) is 12.3. The number of nitrogens with zero attached hydrogens (tertiary/aromatic N) is 1. The van der Waals surface area contributed by atoms with Crippen LogP contribution in [0.4, 0.5) is 0 Å². The second kappa shape index (κ2) is 4.77. The molecule has 0 fully saturated rings. The van der Waals surface area contributed by atoms with E-state index in [4.69, 9.17) is 0 Å². The fourth-order valence-electron chi connectivity index (χ4n) is 2.12. The zero-order chi connectivity index (χ0) is 13.4. The van der Waals surface area contributed by atoms with Gasteiger partial charge in [0, 0.05) is 44.2 Å². The monoisotopic (exact) mass is 362 g/mol. The van der Waals surface area contributed by atoms with Gasteiger partial charge in [0.15, 0.2) is 5.78 Å². The molecule has 3 nitrogen and oxygen atoms in total. The first-order valence-corrected chi connectivity index (χ1v) is 6.97. The minimum absolute atomic E-state index is 0.0346. The van der Waals surface area contributed by atoms with Crippen LogP contribution in [0.15, 0.2) is 42.9 Å². The van der Waals surface area contributed by atoms with Gasteiger partial charge < -0.3 is 4.98 Å². The predicted molar refractivity (Wildman–Crippen MR) is 83.4 cm³/mol. The zero-order valence-corrected chi connectivity index (χ0v) is 12.4. The Morgan fingerprint density at radius 2 is 2.11 bits per heavy atom. The van der Waals surface area contributed by atoms with Crippen LogP contribution in [0.2, 0.25) is 0 Å². The molecule has 0 amide bonds. The normalized spacial score (nSPS) is 10.8. The minimum atomic E-state index is 0.0346. The van der Waals surface area contributed by atoms with Crippen LogP contribution in [0.5, 0.6) is 0 Å². The molecule has 2 heterocycles. The van der Waals surface area contributed by atoms with E-state index in [1.165, 1.54) is 0 Å². The molecule has 4 heteroatoms. The largest absolute Gasteiger partial charge is 0.360 e. The molecule has 3 aromatic rings. The van der Waals surface area contributed by atoms with Crippen molar-refractivity contribution in [2.24, 2.45) is 0 Å². The van der Waals surface area contributed by atoms with E-state index >= 15 is 0 Å². The number of hydrogen-bond donors (Lipinski definition) is 1. The summed E-state index contributed by atoms with van der Waals surface area (Å²) in [6.07, 6.45) is 5.19. The van der Waals surface area contributed by atoms with Gasteiger partial charge in [-0.25, -0.2) is 0 Å². The van der Waals surface area contributed by atoms with E-state index in [-0.39, 0.29) is 5.78 Å². The molecule has 1 aromatic carbocycles. The number of H-pyrrole nitrogens is 1.